The zero-order valence-electron chi connectivity index (χ0n) is 10.6. The summed E-state index contributed by atoms with van der Waals surface area (Å²) in [5, 5.41) is 0. The highest BCUT2D eigenvalue weighted by atomic mass is 32.2. The number of hydrogen-bond donors (Lipinski definition) is 0. The highest BCUT2D eigenvalue weighted by Crippen LogP contribution is 2.35. The summed E-state index contributed by atoms with van der Waals surface area (Å²) in [6.07, 6.45) is 0. The lowest BCUT2D eigenvalue weighted by molar-refractivity contribution is 0.103. The van der Waals surface area contributed by atoms with Gasteiger partial charge < -0.3 is 0 Å². The molecule has 0 unspecified atom stereocenters. The number of carbonyl (C=O) groups is 1. The Morgan fingerprint density at radius 1 is 0.789 bits per heavy atom. The molecule has 96 valence electrons. The number of carbonyl (C=O) groups excluding carboxylic acids is 1. The smallest absolute Gasteiger partial charge is 0.208 e. The van der Waals surface area contributed by atoms with Gasteiger partial charge in [-0.3, -0.25) is 4.79 Å². The van der Waals surface area contributed by atoms with Crippen molar-refractivity contribution in [1.29, 1.82) is 0 Å². The first-order valence-corrected chi connectivity index (χ1v) is 7.40. The van der Waals surface area contributed by atoms with Crippen molar-refractivity contribution in [2.75, 3.05) is 0 Å². The monoisotopic (exact) mass is 272 g/mol. The molecule has 0 fully saturated rings. The van der Waals surface area contributed by atoms with E-state index in [-0.39, 0.29) is 26.7 Å². The molecule has 0 amide bonds. The fourth-order valence-corrected chi connectivity index (χ4v) is 4.08. The molecule has 0 aliphatic carbocycles. The topological polar surface area (TPSA) is 51.2 Å². The molecular formula is C15H12O3S. The van der Waals surface area contributed by atoms with E-state index in [9.17, 15) is 13.2 Å². The van der Waals surface area contributed by atoms with Crippen LogP contribution in [0.3, 0.4) is 0 Å². The summed E-state index contributed by atoms with van der Waals surface area (Å²) in [4.78, 5) is 12.6. The van der Waals surface area contributed by atoms with Crippen LogP contribution in [0.4, 0.5) is 0 Å². The van der Waals surface area contributed by atoms with Gasteiger partial charge in [-0.25, -0.2) is 8.42 Å². The molecular weight excluding hydrogens is 260 g/mol. The van der Waals surface area contributed by atoms with E-state index in [1.165, 1.54) is 6.07 Å². The molecule has 1 aliphatic heterocycles. The van der Waals surface area contributed by atoms with Crippen molar-refractivity contribution in [3.05, 3.63) is 58.7 Å². The third-order valence-electron chi connectivity index (χ3n) is 3.34. The molecule has 0 aromatic heterocycles. The lowest BCUT2D eigenvalue weighted by Crippen LogP contribution is -2.20. The van der Waals surface area contributed by atoms with E-state index in [1.54, 1.807) is 30.3 Å². The predicted octanol–water partition coefficient (Wildman–Crippen LogP) is 2.68. The molecule has 2 aromatic rings. The molecule has 2 aromatic carbocycles. The number of benzene rings is 2. The van der Waals surface area contributed by atoms with Crippen molar-refractivity contribution >= 4 is 15.6 Å². The molecule has 0 saturated heterocycles. The van der Waals surface area contributed by atoms with E-state index in [4.69, 9.17) is 0 Å². The number of aryl methyl sites for hydroxylation is 2. The van der Waals surface area contributed by atoms with Gasteiger partial charge in [0.25, 0.3) is 0 Å². The first-order valence-electron chi connectivity index (χ1n) is 5.92. The maximum atomic E-state index is 12.6. The van der Waals surface area contributed by atoms with Crippen LogP contribution in [-0.4, -0.2) is 14.2 Å². The van der Waals surface area contributed by atoms with E-state index in [0.717, 1.165) is 11.1 Å². The Balaban J connectivity index is 2.43. The highest BCUT2D eigenvalue weighted by Gasteiger charge is 2.34. The number of rotatable bonds is 0. The summed E-state index contributed by atoms with van der Waals surface area (Å²) in [5.41, 5.74) is 2.24. The Kier molecular flexibility index (Phi) is 2.41. The molecule has 3 nitrogen and oxygen atoms in total. The fraction of sp³-hybridized carbons (Fsp3) is 0.133. The Labute approximate surface area is 111 Å². The van der Waals surface area contributed by atoms with Crippen LogP contribution in [0.1, 0.15) is 27.0 Å². The van der Waals surface area contributed by atoms with Crippen molar-refractivity contribution in [3.8, 4) is 0 Å². The number of hydrogen-bond acceptors (Lipinski definition) is 3. The SMILES string of the molecule is Cc1ccc2c(c1)C(=O)c1ccc(C)cc1S2(=O)=O. The highest BCUT2D eigenvalue weighted by molar-refractivity contribution is 7.91. The van der Waals surface area contributed by atoms with Crippen LogP contribution in [0.2, 0.25) is 0 Å². The van der Waals surface area contributed by atoms with Gasteiger partial charge in [-0.1, -0.05) is 17.7 Å². The van der Waals surface area contributed by atoms with Crippen molar-refractivity contribution in [1.82, 2.24) is 0 Å². The Hall–Kier alpha value is -1.94. The van der Waals surface area contributed by atoms with Gasteiger partial charge in [-0.05, 0) is 43.7 Å². The zero-order chi connectivity index (χ0) is 13.8. The van der Waals surface area contributed by atoms with Crippen LogP contribution < -0.4 is 0 Å². The van der Waals surface area contributed by atoms with Crippen LogP contribution in [0.5, 0.6) is 0 Å². The number of sulfone groups is 1. The first-order chi connectivity index (χ1) is 8.91. The van der Waals surface area contributed by atoms with Crippen molar-refractivity contribution in [2.45, 2.75) is 23.6 Å². The summed E-state index contributed by atoms with van der Waals surface area (Å²) in [6.45, 7) is 3.65. The van der Waals surface area contributed by atoms with E-state index >= 15 is 0 Å². The molecule has 1 aliphatic rings. The van der Waals surface area contributed by atoms with Gasteiger partial charge in [-0.15, -0.1) is 0 Å². The van der Waals surface area contributed by atoms with Gasteiger partial charge in [0.1, 0.15) is 0 Å². The molecule has 1 heterocycles. The summed E-state index contributed by atoms with van der Waals surface area (Å²) >= 11 is 0. The summed E-state index contributed by atoms with van der Waals surface area (Å²) in [5.74, 6) is -0.219. The molecule has 0 saturated carbocycles. The van der Waals surface area contributed by atoms with Gasteiger partial charge in [-0.2, -0.15) is 0 Å². The number of ketones is 1. The lowest BCUT2D eigenvalue weighted by atomic mass is 10.00. The maximum Gasteiger partial charge on any atom is 0.208 e. The van der Waals surface area contributed by atoms with Gasteiger partial charge in [0.05, 0.1) is 9.79 Å². The standard InChI is InChI=1S/C15H12O3S/c1-9-4-6-13-12(7-9)15(16)11-5-3-10(2)8-14(11)19(13,17)18/h3-8H,1-2H3. The minimum atomic E-state index is -3.59. The predicted molar refractivity (Wildman–Crippen MR) is 71.2 cm³/mol. The second-order valence-corrected chi connectivity index (χ2v) is 6.72. The second-order valence-electron chi connectivity index (χ2n) is 4.83. The van der Waals surface area contributed by atoms with Crippen LogP contribution in [0.25, 0.3) is 0 Å². The number of fused-ring (bicyclic) bond motifs is 2. The van der Waals surface area contributed by atoms with E-state index in [0.29, 0.717) is 0 Å². The Morgan fingerprint density at radius 2 is 1.42 bits per heavy atom. The summed E-state index contributed by atoms with van der Waals surface area (Å²) in [6, 6.07) is 9.78. The van der Waals surface area contributed by atoms with Gasteiger partial charge in [0.15, 0.2) is 5.78 Å². The Bertz CT molecular complexity index is 817. The van der Waals surface area contributed by atoms with Crippen LogP contribution in [0, 0.1) is 13.8 Å². The first kappa shape index (κ1) is 12.1. The minimum absolute atomic E-state index is 0.112. The van der Waals surface area contributed by atoms with Crippen molar-refractivity contribution in [2.24, 2.45) is 0 Å². The summed E-state index contributed by atoms with van der Waals surface area (Å²) < 4.78 is 25.1. The third kappa shape index (κ3) is 1.64. The van der Waals surface area contributed by atoms with Crippen molar-refractivity contribution < 1.29 is 13.2 Å². The molecule has 0 bridgehead atoms. The van der Waals surface area contributed by atoms with Gasteiger partial charge in [0.2, 0.25) is 9.84 Å². The molecule has 0 atom stereocenters. The zero-order valence-corrected chi connectivity index (χ0v) is 11.4. The van der Waals surface area contributed by atoms with Gasteiger partial charge >= 0.3 is 0 Å². The molecule has 0 radical (unpaired) electrons. The molecule has 4 heteroatoms. The largest absolute Gasteiger partial charge is 0.289 e. The third-order valence-corrected chi connectivity index (χ3v) is 5.19. The van der Waals surface area contributed by atoms with Crippen molar-refractivity contribution in [3.63, 3.8) is 0 Å². The average Bonchev–Trinajstić information content (AvgIpc) is 2.36. The summed E-state index contributed by atoms with van der Waals surface area (Å²) in [7, 11) is -3.59. The van der Waals surface area contributed by atoms with E-state index < -0.39 is 9.84 Å². The molecule has 0 spiro atoms. The Morgan fingerprint density at radius 3 is 2.16 bits per heavy atom. The quantitative estimate of drug-likeness (QED) is 0.632. The molecule has 3 rings (SSSR count). The van der Waals surface area contributed by atoms with Crippen LogP contribution in [-0.2, 0) is 9.84 Å². The minimum Gasteiger partial charge on any atom is -0.289 e. The second kappa shape index (κ2) is 3.78. The maximum absolute atomic E-state index is 12.6. The fourth-order valence-electron chi connectivity index (χ4n) is 2.36. The molecule has 19 heavy (non-hydrogen) atoms. The lowest BCUT2D eigenvalue weighted by Gasteiger charge is -2.19. The molecule has 0 N–H and O–H groups in total. The average molecular weight is 272 g/mol. The van der Waals surface area contributed by atoms with Crippen LogP contribution in [0.15, 0.2) is 46.2 Å². The normalized spacial score (nSPS) is 15.8. The van der Waals surface area contributed by atoms with E-state index in [2.05, 4.69) is 0 Å². The van der Waals surface area contributed by atoms with E-state index in [1.807, 2.05) is 13.8 Å². The van der Waals surface area contributed by atoms with Gasteiger partial charge in [0, 0.05) is 11.1 Å². The van der Waals surface area contributed by atoms with Crippen LogP contribution >= 0.6 is 0 Å².